The highest BCUT2D eigenvalue weighted by Crippen LogP contribution is 2.23. The number of imidazole rings is 1. The Hall–Kier alpha value is -3.02. The fraction of sp³-hybridized carbons (Fsp3) is 0.222. The summed E-state index contributed by atoms with van der Waals surface area (Å²) < 4.78 is 7.37. The van der Waals surface area contributed by atoms with Crippen molar-refractivity contribution in [3.8, 4) is 11.5 Å². The van der Waals surface area contributed by atoms with Crippen LogP contribution in [0.25, 0.3) is 11.0 Å². The van der Waals surface area contributed by atoms with Gasteiger partial charge in [-0.05, 0) is 31.2 Å². The Morgan fingerprint density at radius 2 is 1.96 bits per heavy atom. The molecule has 0 aliphatic heterocycles. The number of para-hydroxylation sites is 4. The van der Waals surface area contributed by atoms with Gasteiger partial charge in [-0.2, -0.15) is 0 Å². The average molecular weight is 325 g/mol. The minimum absolute atomic E-state index is 0.0193. The summed E-state index contributed by atoms with van der Waals surface area (Å²) >= 11 is 0. The lowest BCUT2D eigenvalue weighted by Crippen LogP contribution is -2.31. The maximum absolute atomic E-state index is 11.9. The van der Waals surface area contributed by atoms with Crippen molar-refractivity contribution in [1.29, 1.82) is 0 Å². The Morgan fingerprint density at radius 1 is 1.21 bits per heavy atom. The third-order valence-corrected chi connectivity index (χ3v) is 3.73. The lowest BCUT2D eigenvalue weighted by molar-refractivity contribution is -0.123. The summed E-state index contributed by atoms with van der Waals surface area (Å²) in [4.78, 5) is 16.4. The average Bonchev–Trinajstić information content (AvgIpc) is 2.90. The predicted molar refractivity (Wildman–Crippen MR) is 91.1 cm³/mol. The van der Waals surface area contributed by atoms with E-state index in [4.69, 9.17) is 4.74 Å². The van der Waals surface area contributed by atoms with Gasteiger partial charge in [-0.3, -0.25) is 4.79 Å². The largest absolute Gasteiger partial charge is 0.504 e. The van der Waals surface area contributed by atoms with Crippen LogP contribution in [0.4, 0.5) is 0 Å². The number of carbonyl (C=O) groups is 1. The van der Waals surface area contributed by atoms with Crippen molar-refractivity contribution in [2.24, 2.45) is 0 Å². The molecule has 3 aromatic rings. The van der Waals surface area contributed by atoms with Crippen LogP contribution >= 0.6 is 0 Å². The van der Waals surface area contributed by atoms with E-state index in [0.29, 0.717) is 18.8 Å². The number of aromatic hydroxyl groups is 1. The molecule has 1 aromatic heterocycles. The number of phenolic OH excluding ortho intramolecular Hbond substituents is 1. The molecule has 0 saturated heterocycles. The first-order valence-corrected chi connectivity index (χ1v) is 7.74. The molecule has 1 heterocycles. The van der Waals surface area contributed by atoms with E-state index in [1.54, 1.807) is 18.2 Å². The smallest absolute Gasteiger partial charge is 0.258 e. The number of hydrogen-bond donors (Lipinski definition) is 2. The second-order valence-electron chi connectivity index (χ2n) is 5.41. The van der Waals surface area contributed by atoms with Gasteiger partial charge in [-0.15, -0.1) is 0 Å². The number of benzene rings is 2. The molecule has 124 valence electrons. The molecule has 0 atom stereocenters. The third kappa shape index (κ3) is 3.48. The van der Waals surface area contributed by atoms with Crippen LogP contribution in [-0.4, -0.2) is 33.7 Å². The molecule has 0 aliphatic rings. The summed E-state index contributed by atoms with van der Waals surface area (Å²) in [5.74, 6) is 0.992. The van der Waals surface area contributed by atoms with Crippen LogP contribution in [0.15, 0.2) is 48.5 Å². The van der Waals surface area contributed by atoms with E-state index >= 15 is 0 Å². The summed E-state index contributed by atoms with van der Waals surface area (Å²) in [5, 5.41) is 12.4. The second kappa shape index (κ2) is 7.04. The SMILES string of the molecule is Cc1nc2ccccc2n1CCNC(=O)COc1ccccc1O. The maximum Gasteiger partial charge on any atom is 0.258 e. The predicted octanol–water partition coefficient (Wildman–Crippen LogP) is 2.25. The van der Waals surface area contributed by atoms with E-state index in [1.165, 1.54) is 6.07 Å². The summed E-state index contributed by atoms with van der Waals surface area (Å²) in [6.07, 6.45) is 0. The fourth-order valence-corrected chi connectivity index (χ4v) is 2.56. The van der Waals surface area contributed by atoms with Crippen molar-refractivity contribution in [3.63, 3.8) is 0 Å². The van der Waals surface area contributed by atoms with Crippen LogP contribution in [-0.2, 0) is 11.3 Å². The zero-order valence-corrected chi connectivity index (χ0v) is 13.4. The molecule has 0 fully saturated rings. The first-order valence-electron chi connectivity index (χ1n) is 7.74. The molecular formula is C18H19N3O3. The molecule has 6 heteroatoms. The number of phenols is 1. The van der Waals surface area contributed by atoms with Gasteiger partial charge in [0.15, 0.2) is 18.1 Å². The van der Waals surface area contributed by atoms with E-state index in [-0.39, 0.29) is 18.3 Å². The molecule has 1 amide bonds. The quantitative estimate of drug-likeness (QED) is 0.729. The van der Waals surface area contributed by atoms with E-state index in [2.05, 4.69) is 14.9 Å². The third-order valence-electron chi connectivity index (χ3n) is 3.73. The highest BCUT2D eigenvalue weighted by Gasteiger charge is 2.08. The number of nitrogens with one attached hydrogen (secondary N) is 1. The number of fused-ring (bicyclic) bond motifs is 1. The van der Waals surface area contributed by atoms with Gasteiger partial charge in [-0.25, -0.2) is 4.98 Å². The van der Waals surface area contributed by atoms with Crippen LogP contribution in [0, 0.1) is 6.92 Å². The minimum atomic E-state index is -0.236. The fourth-order valence-electron chi connectivity index (χ4n) is 2.56. The highest BCUT2D eigenvalue weighted by atomic mass is 16.5. The number of aromatic nitrogens is 2. The van der Waals surface area contributed by atoms with E-state index < -0.39 is 0 Å². The molecule has 0 bridgehead atoms. The molecule has 6 nitrogen and oxygen atoms in total. The topological polar surface area (TPSA) is 76.4 Å². The summed E-state index contributed by atoms with van der Waals surface area (Å²) in [6, 6.07) is 14.5. The Morgan fingerprint density at radius 3 is 2.79 bits per heavy atom. The van der Waals surface area contributed by atoms with Crippen LogP contribution in [0.5, 0.6) is 11.5 Å². The zero-order chi connectivity index (χ0) is 16.9. The molecule has 2 aromatic carbocycles. The normalized spacial score (nSPS) is 10.7. The van der Waals surface area contributed by atoms with Gasteiger partial charge in [-0.1, -0.05) is 24.3 Å². The minimum Gasteiger partial charge on any atom is -0.504 e. The maximum atomic E-state index is 11.9. The number of aryl methyl sites for hydroxylation is 1. The van der Waals surface area contributed by atoms with Crippen LogP contribution < -0.4 is 10.1 Å². The molecule has 0 spiro atoms. The van der Waals surface area contributed by atoms with Crippen molar-refractivity contribution < 1.29 is 14.6 Å². The van der Waals surface area contributed by atoms with Gasteiger partial charge in [0.2, 0.25) is 0 Å². The van der Waals surface area contributed by atoms with Crippen LogP contribution in [0.2, 0.25) is 0 Å². The van der Waals surface area contributed by atoms with E-state index in [9.17, 15) is 9.90 Å². The molecule has 0 radical (unpaired) electrons. The standard InChI is InChI=1S/C18H19N3O3/c1-13-20-14-6-2-3-7-15(14)21(13)11-10-19-18(23)12-24-17-9-5-4-8-16(17)22/h2-9,22H,10-12H2,1H3,(H,19,23). The number of amides is 1. The monoisotopic (exact) mass is 325 g/mol. The molecule has 0 aliphatic carbocycles. The van der Waals surface area contributed by atoms with Crippen molar-refractivity contribution in [3.05, 3.63) is 54.4 Å². The van der Waals surface area contributed by atoms with Gasteiger partial charge >= 0.3 is 0 Å². The molecule has 24 heavy (non-hydrogen) atoms. The van der Waals surface area contributed by atoms with Gasteiger partial charge in [0.25, 0.3) is 5.91 Å². The van der Waals surface area contributed by atoms with Gasteiger partial charge < -0.3 is 19.7 Å². The Kier molecular flexibility index (Phi) is 4.65. The van der Waals surface area contributed by atoms with Gasteiger partial charge in [0.1, 0.15) is 5.82 Å². The molecule has 3 rings (SSSR count). The van der Waals surface area contributed by atoms with Gasteiger partial charge in [0.05, 0.1) is 11.0 Å². The Labute approximate surface area is 139 Å². The summed E-state index contributed by atoms with van der Waals surface area (Å²) in [5.41, 5.74) is 2.00. The summed E-state index contributed by atoms with van der Waals surface area (Å²) in [6.45, 7) is 2.92. The van der Waals surface area contributed by atoms with Crippen molar-refractivity contribution in [2.75, 3.05) is 13.2 Å². The van der Waals surface area contributed by atoms with Crippen molar-refractivity contribution >= 4 is 16.9 Å². The molecular weight excluding hydrogens is 306 g/mol. The summed E-state index contributed by atoms with van der Waals surface area (Å²) in [7, 11) is 0. The van der Waals surface area contributed by atoms with Crippen LogP contribution in [0.1, 0.15) is 5.82 Å². The molecule has 0 unspecified atom stereocenters. The number of rotatable bonds is 6. The first-order chi connectivity index (χ1) is 11.6. The number of hydrogen-bond acceptors (Lipinski definition) is 4. The van der Waals surface area contributed by atoms with E-state index in [1.807, 2.05) is 31.2 Å². The van der Waals surface area contributed by atoms with Crippen molar-refractivity contribution in [1.82, 2.24) is 14.9 Å². The molecule has 2 N–H and O–H groups in total. The van der Waals surface area contributed by atoms with E-state index in [0.717, 1.165) is 16.9 Å². The Bertz CT molecular complexity index is 858. The molecule has 0 saturated carbocycles. The lowest BCUT2D eigenvalue weighted by atomic mass is 10.3. The lowest BCUT2D eigenvalue weighted by Gasteiger charge is -2.10. The second-order valence-corrected chi connectivity index (χ2v) is 5.41. The van der Waals surface area contributed by atoms with Crippen molar-refractivity contribution in [2.45, 2.75) is 13.5 Å². The first kappa shape index (κ1) is 15.9. The van der Waals surface area contributed by atoms with Gasteiger partial charge in [0, 0.05) is 13.1 Å². The Balaban J connectivity index is 1.51. The van der Waals surface area contributed by atoms with Crippen LogP contribution in [0.3, 0.4) is 0 Å². The zero-order valence-electron chi connectivity index (χ0n) is 13.4. The number of nitrogens with zero attached hydrogens (tertiary/aromatic N) is 2. The number of carbonyl (C=O) groups excluding carboxylic acids is 1. The number of ether oxygens (including phenoxy) is 1. The highest BCUT2D eigenvalue weighted by molar-refractivity contribution is 5.78.